The van der Waals surface area contributed by atoms with Crippen molar-refractivity contribution >= 4 is 35.4 Å². The Kier molecular flexibility index (Phi) is 13.2. The fraction of sp³-hybridized carbons (Fsp3) is 0.484. The Balaban J connectivity index is 1.94. The van der Waals surface area contributed by atoms with Gasteiger partial charge in [0.05, 0.1) is 30.3 Å². The van der Waals surface area contributed by atoms with E-state index in [1.54, 1.807) is 32.0 Å². The largest absolute Gasteiger partial charge is 0.481 e. The molecule has 0 atom stereocenters. The van der Waals surface area contributed by atoms with Gasteiger partial charge in [-0.25, -0.2) is 0 Å². The average molecular weight is 663 g/mol. The predicted octanol–water partition coefficient (Wildman–Crippen LogP) is 7.09. The maximum absolute atomic E-state index is 14.4. The van der Waals surface area contributed by atoms with Crippen LogP contribution in [0.2, 0.25) is 0 Å². The number of anilines is 1. The summed E-state index contributed by atoms with van der Waals surface area (Å²) >= 11 is 0.548. The second-order valence-corrected chi connectivity index (χ2v) is 11.3. The van der Waals surface area contributed by atoms with Crippen molar-refractivity contribution in [1.82, 2.24) is 4.90 Å². The van der Waals surface area contributed by atoms with Crippen molar-refractivity contribution < 1.29 is 50.5 Å². The number of carbonyl (C=O) groups is 2. The molecule has 0 aliphatic carbocycles. The van der Waals surface area contributed by atoms with Gasteiger partial charge in [0.25, 0.3) is 0 Å². The Morgan fingerprint density at radius 3 is 2.09 bits per heavy atom. The number of hydrogen-bond donors (Lipinski definition) is 1. The minimum absolute atomic E-state index is 0.121. The van der Waals surface area contributed by atoms with Gasteiger partial charge in [0.2, 0.25) is 5.91 Å². The van der Waals surface area contributed by atoms with Crippen molar-refractivity contribution in [1.29, 1.82) is 0 Å². The molecule has 0 unspecified atom stereocenters. The maximum atomic E-state index is 14.4. The first-order valence-electron chi connectivity index (χ1n) is 14.5. The Bertz CT molecular complexity index is 1320. The van der Waals surface area contributed by atoms with E-state index >= 15 is 0 Å². The molecule has 3 rings (SSSR count). The van der Waals surface area contributed by atoms with Gasteiger partial charge in [-0.15, -0.1) is 0 Å². The highest BCUT2D eigenvalue weighted by atomic mass is 32.2. The molecule has 1 heterocycles. The van der Waals surface area contributed by atoms with Crippen LogP contribution in [0.15, 0.2) is 52.3 Å². The van der Waals surface area contributed by atoms with Gasteiger partial charge < -0.3 is 24.4 Å². The van der Waals surface area contributed by atoms with E-state index < -0.39 is 51.7 Å². The number of amides is 1. The molecule has 14 heteroatoms. The van der Waals surface area contributed by atoms with E-state index in [2.05, 4.69) is 0 Å². The summed E-state index contributed by atoms with van der Waals surface area (Å²) in [5.74, 6) is -2.06. The number of ether oxygens (including phenoxy) is 2. The molecule has 0 radical (unpaired) electrons. The molecule has 1 aliphatic heterocycles. The highest BCUT2D eigenvalue weighted by Crippen LogP contribution is 2.48. The van der Waals surface area contributed by atoms with Crippen molar-refractivity contribution in [2.45, 2.75) is 48.8 Å². The zero-order chi connectivity index (χ0) is 33.2. The monoisotopic (exact) mass is 662 g/mol. The number of aliphatic carboxylic acids is 1. The van der Waals surface area contributed by atoms with Crippen LogP contribution in [0.1, 0.15) is 43.4 Å². The first-order valence-corrected chi connectivity index (χ1v) is 15.3. The number of piperidine rings is 1. The second-order valence-electron chi connectivity index (χ2n) is 10.1. The van der Waals surface area contributed by atoms with Crippen LogP contribution >= 0.6 is 11.8 Å². The molecule has 248 valence electrons. The Morgan fingerprint density at radius 2 is 1.56 bits per heavy atom. The average Bonchev–Trinajstić information content (AvgIpc) is 2.98. The molecule has 1 saturated heterocycles. The van der Waals surface area contributed by atoms with E-state index in [4.69, 9.17) is 9.47 Å². The number of carboxylic acids is 1. The van der Waals surface area contributed by atoms with E-state index in [0.29, 0.717) is 56.6 Å². The lowest BCUT2D eigenvalue weighted by molar-refractivity contribution is -0.163. The van der Waals surface area contributed by atoms with Gasteiger partial charge in [0.15, 0.2) is 0 Å². The van der Waals surface area contributed by atoms with Crippen LogP contribution in [0.3, 0.4) is 0 Å². The van der Waals surface area contributed by atoms with Gasteiger partial charge in [0.1, 0.15) is 0 Å². The van der Waals surface area contributed by atoms with E-state index in [9.17, 15) is 41.0 Å². The molecule has 7 nitrogen and oxygen atoms in total. The van der Waals surface area contributed by atoms with Crippen LogP contribution in [0, 0.1) is 5.92 Å². The standard InChI is InChI=1S/C31H36F6N2O5S/c1-3-43-18-16-39(17-19-44-4-2)26(40)11-9-21-8-10-25(28(31(35,36)37)27(21)30(32,33)34)45-24-7-5-6-23(20-24)38-14-12-22(13-15-38)29(41)42/h5-11,20,22H,3-4,12-19H2,1-2H3,(H,41,42). The SMILES string of the molecule is CCOCCN(CCOCC)C(=O)C=Cc1ccc(Sc2cccc(N3CCC(C(=O)O)CC3)c2)c(C(F)(F)F)c1C(F)(F)F. The fourth-order valence-electron chi connectivity index (χ4n) is 4.90. The predicted molar refractivity (Wildman–Crippen MR) is 158 cm³/mol. The van der Waals surface area contributed by atoms with Crippen LogP contribution in [0.4, 0.5) is 32.0 Å². The van der Waals surface area contributed by atoms with E-state index in [1.165, 1.54) is 11.0 Å². The molecule has 2 aromatic rings. The van der Waals surface area contributed by atoms with Crippen LogP contribution in [-0.2, 0) is 31.4 Å². The summed E-state index contributed by atoms with van der Waals surface area (Å²) in [6.07, 6.45) is -8.37. The third-order valence-electron chi connectivity index (χ3n) is 7.16. The van der Waals surface area contributed by atoms with Crippen LogP contribution in [0.25, 0.3) is 6.08 Å². The molecule has 0 saturated carbocycles. The number of halogens is 6. The molecule has 0 spiro atoms. The van der Waals surface area contributed by atoms with Crippen molar-refractivity contribution in [3.63, 3.8) is 0 Å². The van der Waals surface area contributed by atoms with Crippen LogP contribution < -0.4 is 4.90 Å². The quantitative estimate of drug-likeness (QED) is 0.132. The third kappa shape index (κ3) is 10.4. The molecule has 0 aromatic heterocycles. The molecule has 0 bridgehead atoms. The van der Waals surface area contributed by atoms with Gasteiger partial charge in [-0.2, -0.15) is 26.3 Å². The Morgan fingerprint density at radius 1 is 0.956 bits per heavy atom. The first kappa shape index (κ1) is 36.2. The van der Waals surface area contributed by atoms with Crippen molar-refractivity contribution in [3.05, 3.63) is 59.2 Å². The van der Waals surface area contributed by atoms with E-state index in [0.717, 1.165) is 24.3 Å². The zero-order valence-electron chi connectivity index (χ0n) is 24.9. The molecular formula is C31H36F6N2O5S. The van der Waals surface area contributed by atoms with E-state index in [-0.39, 0.29) is 31.2 Å². The molecule has 1 fully saturated rings. The number of carbonyl (C=O) groups excluding carboxylic acids is 1. The summed E-state index contributed by atoms with van der Waals surface area (Å²) in [5, 5.41) is 9.23. The number of benzene rings is 2. The topological polar surface area (TPSA) is 79.3 Å². The van der Waals surface area contributed by atoms with Crippen molar-refractivity contribution in [3.8, 4) is 0 Å². The number of hydrogen-bond acceptors (Lipinski definition) is 6. The number of nitrogens with zero attached hydrogens (tertiary/aromatic N) is 2. The highest BCUT2D eigenvalue weighted by molar-refractivity contribution is 7.99. The highest BCUT2D eigenvalue weighted by Gasteiger charge is 2.46. The Hall–Kier alpha value is -3.23. The molecule has 45 heavy (non-hydrogen) atoms. The number of alkyl halides is 6. The summed E-state index contributed by atoms with van der Waals surface area (Å²) in [6.45, 7) is 5.72. The molecule has 1 aliphatic rings. The summed E-state index contributed by atoms with van der Waals surface area (Å²) in [5.41, 5.74) is -3.89. The number of rotatable bonds is 14. The fourth-order valence-corrected chi connectivity index (χ4v) is 5.94. The summed E-state index contributed by atoms with van der Waals surface area (Å²) in [6, 6.07) is 8.27. The lowest BCUT2D eigenvalue weighted by atomic mass is 9.97. The molecule has 1 amide bonds. The summed E-state index contributed by atoms with van der Waals surface area (Å²) < 4.78 is 96.6. The second kappa shape index (κ2) is 16.4. The summed E-state index contributed by atoms with van der Waals surface area (Å²) in [4.78, 5) is 26.9. The van der Waals surface area contributed by atoms with Gasteiger partial charge in [0, 0.05) is 60.9 Å². The number of carboxylic acid groups (broad SMARTS) is 1. The van der Waals surface area contributed by atoms with Crippen molar-refractivity contribution in [2.75, 3.05) is 57.5 Å². The molecule has 2 aromatic carbocycles. The molecule has 1 N–H and O–H groups in total. The minimum Gasteiger partial charge on any atom is -0.481 e. The Labute approximate surface area is 262 Å². The third-order valence-corrected chi connectivity index (χ3v) is 8.21. The van der Waals surface area contributed by atoms with Gasteiger partial charge in [-0.3, -0.25) is 9.59 Å². The molecular weight excluding hydrogens is 626 g/mol. The lowest BCUT2D eigenvalue weighted by Gasteiger charge is -2.32. The van der Waals surface area contributed by atoms with Crippen LogP contribution in [-0.4, -0.2) is 74.5 Å². The van der Waals surface area contributed by atoms with Gasteiger partial charge in [-0.05, 0) is 62.6 Å². The van der Waals surface area contributed by atoms with Crippen molar-refractivity contribution in [2.24, 2.45) is 5.92 Å². The lowest BCUT2D eigenvalue weighted by Crippen LogP contribution is -2.36. The minimum atomic E-state index is -5.38. The zero-order valence-corrected chi connectivity index (χ0v) is 25.7. The van der Waals surface area contributed by atoms with E-state index in [1.807, 2.05) is 4.90 Å². The van der Waals surface area contributed by atoms with Gasteiger partial charge >= 0.3 is 18.3 Å². The van der Waals surface area contributed by atoms with Gasteiger partial charge in [-0.1, -0.05) is 23.9 Å². The first-order chi connectivity index (χ1) is 21.3. The normalized spacial score (nSPS) is 14.7. The summed E-state index contributed by atoms with van der Waals surface area (Å²) in [7, 11) is 0. The smallest absolute Gasteiger partial charge is 0.418 e. The maximum Gasteiger partial charge on any atom is 0.418 e. The van der Waals surface area contributed by atoms with Crippen LogP contribution in [0.5, 0.6) is 0 Å².